The zero-order valence-electron chi connectivity index (χ0n) is 23.3. The van der Waals surface area contributed by atoms with Gasteiger partial charge in [-0.15, -0.1) is 0 Å². The van der Waals surface area contributed by atoms with Crippen molar-refractivity contribution >= 4 is 34.6 Å². The van der Waals surface area contributed by atoms with Gasteiger partial charge >= 0.3 is 12.1 Å². The summed E-state index contributed by atoms with van der Waals surface area (Å²) in [5, 5.41) is 14.2. The summed E-state index contributed by atoms with van der Waals surface area (Å²) in [6.07, 6.45) is 3.56. The molecule has 5 amide bonds. The summed E-state index contributed by atoms with van der Waals surface area (Å²) in [4.78, 5) is 45.7. The number of hydrogen-bond acceptors (Lipinski definition) is 4. The average Bonchev–Trinajstić information content (AvgIpc) is 3.43. The number of rotatable bonds is 4. The Labute approximate surface area is 243 Å². The first-order valence-electron chi connectivity index (χ1n) is 14.5. The van der Waals surface area contributed by atoms with E-state index in [1.807, 2.05) is 64.4 Å². The van der Waals surface area contributed by atoms with Crippen LogP contribution < -0.4 is 10.6 Å². The summed E-state index contributed by atoms with van der Waals surface area (Å²) < 4.78 is 0. The number of anilines is 1. The predicted molar refractivity (Wildman–Crippen MR) is 158 cm³/mol. The molecule has 10 nitrogen and oxygen atoms in total. The molecule has 0 aliphatic carbocycles. The van der Waals surface area contributed by atoms with Crippen molar-refractivity contribution < 1.29 is 14.4 Å². The fourth-order valence-corrected chi connectivity index (χ4v) is 6.42. The smallest absolute Gasteiger partial charge is 0.322 e. The van der Waals surface area contributed by atoms with E-state index in [2.05, 4.69) is 33.0 Å². The molecular weight excluding hydrogens is 530 g/mol. The van der Waals surface area contributed by atoms with Crippen molar-refractivity contribution in [2.24, 2.45) is 0 Å². The van der Waals surface area contributed by atoms with E-state index in [0.29, 0.717) is 52.0 Å². The molecule has 4 aromatic rings. The topological polar surface area (TPSA) is 114 Å². The molecule has 7 rings (SSSR count). The van der Waals surface area contributed by atoms with Crippen LogP contribution in [0.2, 0.25) is 0 Å². The highest BCUT2D eigenvalue weighted by atomic mass is 16.2. The lowest BCUT2D eigenvalue weighted by atomic mass is 9.99. The number of urea groups is 2. The molecule has 0 spiro atoms. The maximum absolute atomic E-state index is 13.9. The number of fused-ring (bicyclic) bond motifs is 3. The highest BCUT2D eigenvalue weighted by Crippen LogP contribution is 2.29. The molecule has 0 radical (unpaired) electrons. The monoisotopic (exact) mass is 563 g/mol. The Morgan fingerprint density at radius 1 is 0.929 bits per heavy atom. The van der Waals surface area contributed by atoms with Crippen LogP contribution in [0.3, 0.4) is 0 Å². The number of likely N-dealkylation sites (tertiary alicyclic amines) is 1. The van der Waals surface area contributed by atoms with E-state index in [0.717, 1.165) is 38.8 Å². The number of aromatic amines is 1. The first-order valence-corrected chi connectivity index (χ1v) is 14.5. The molecule has 10 heteroatoms. The number of H-pyrrole nitrogens is 1. The molecule has 3 aliphatic rings. The zero-order valence-corrected chi connectivity index (χ0v) is 23.3. The first-order chi connectivity index (χ1) is 20.5. The number of hydrogen-bond donors (Lipinski definition) is 3. The lowest BCUT2D eigenvalue weighted by molar-refractivity contribution is -0.134. The summed E-state index contributed by atoms with van der Waals surface area (Å²) in [7, 11) is 0. The number of nitrogens with zero attached hydrogens (tertiary/aromatic N) is 4. The van der Waals surface area contributed by atoms with Crippen LogP contribution in [0.15, 0.2) is 72.9 Å². The van der Waals surface area contributed by atoms with E-state index < -0.39 is 6.04 Å². The van der Waals surface area contributed by atoms with Crippen LogP contribution >= 0.6 is 0 Å². The number of piperidine rings is 1. The lowest BCUT2D eigenvalue weighted by Crippen LogP contribution is -2.55. The van der Waals surface area contributed by atoms with Gasteiger partial charge in [-0.3, -0.25) is 9.89 Å². The third kappa shape index (κ3) is 5.04. The molecule has 4 heterocycles. The van der Waals surface area contributed by atoms with Crippen molar-refractivity contribution in [3.63, 3.8) is 0 Å². The number of carbonyl (C=O) groups excluding carboxylic acids is 3. The van der Waals surface area contributed by atoms with Gasteiger partial charge in [0.25, 0.3) is 0 Å². The molecule has 1 saturated heterocycles. The molecule has 42 heavy (non-hydrogen) atoms. The van der Waals surface area contributed by atoms with Gasteiger partial charge in [0.15, 0.2) is 0 Å². The summed E-state index contributed by atoms with van der Waals surface area (Å²) >= 11 is 0. The van der Waals surface area contributed by atoms with Crippen LogP contribution in [-0.4, -0.2) is 68.0 Å². The van der Waals surface area contributed by atoms with E-state index >= 15 is 0 Å². The Balaban J connectivity index is 1.05. The van der Waals surface area contributed by atoms with E-state index in [9.17, 15) is 14.4 Å². The SMILES string of the molecule is O=C(N[C@@H]1Cc2cc3cn[nH]c3cc2CN(Cc2ccccc2)C1=O)N1CCC(N2Cc3ccccc3NC2=O)CC1. The first kappa shape index (κ1) is 26.1. The largest absolute Gasteiger partial charge is 0.332 e. The molecule has 1 atom stereocenters. The number of para-hydroxylation sites is 1. The predicted octanol–water partition coefficient (Wildman–Crippen LogP) is 4.24. The van der Waals surface area contributed by atoms with Crippen LogP contribution in [0.25, 0.3) is 10.9 Å². The van der Waals surface area contributed by atoms with E-state index in [4.69, 9.17) is 0 Å². The molecule has 0 saturated carbocycles. The summed E-state index contributed by atoms with van der Waals surface area (Å²) in [5.74, 6) is -0.0938. The maximum atomic E-state index is 13.9. The van der Waals surface area contributed by atoms with Crippen LogP contribution in [0.1, 0.15) is 35.1 Å². The van der Waals surface area contributed by atoms with E-state index in [1.165, 1.54) is 0 Å². The van der Waals surface area contributed by atoms with Crippen molar-refractivity contribution in [2.45, 2.75) is 51.0 Å². The minimum Gasteiger partial charge on any atom is -0.332 e. The quantitative estimate of drug-likeness (QED) is 0.345. The van der Waals surface area contributed by atoms with E-state index in [-0.39, 0.29) is 24.0 Å². The number of benzene rings is 3. The Kier molecular flexibility index (Phi) is 6.73. The van der Waals surface area contributed by atoms with Crippen molar-refractivity contribution in [1.82, 2.24) is 30.2 Å². The summed E-state index contributed by atoms with van der Waals surface area (Å²) in [6.45, 7) is 2.51. The zero-order chi connectivity index (χ0) is 28.6. The fraction of sp³-hybridized carbons (Fsp3) is 0.312. The van der Waals surface area contributed by atoms with Crippen LogP contribution in [-0.2, 0) is 30.8 Å². The fourth-order valence-electron chi connectivity index (χ4n) is 6.42. The Hall–Kier alpha value is -4.86. The molecule has 1 fully saturated rings. The van der Waals surface area contributed by atoms with Gasteiger partial charge in [0.05, 0.1) is 11.7 Å². The minimum absolute atomic E-state index is 0.0486. The maximum Gasteiger partial charge on any atom is 0.322 e. The van der Waals surface area contributed by atoms with Gasteiger partial charge < -0.3 is 25.3 Å². The van der Waals surface area contributed by atoms with Crippen molar-refractivity contribution in [3.05, 3.63) is 95.2 Å². The van der Waals surface area contributed by atoms with Gasteiger partial charge in [0.1, 0.15) is 6.04 Å². The molecular formula is C32H33N7O3. The minimum atomic E-state index is -0.686. The second-order valence-electron chi connectivity index (χ2n) is 11.4. The average molecular weight is 564 g/mol. The molecule has 0 bridgehead atoms. The summed E-state index contributed by atoms with van der Waals surface area (Å²) in [5.41, 5.74) is 6.01. The lowest BCUT2D eigenvalue weighted by Gasteiger charge is -2.40. The van der Waals surface area contributed by atoms with Crippen LogP contribution in [0.4, 0.5) is 15.3 Å². The molecule has 0 unspecified atom stereocenters. The Morgan fingerprint density at radius 3 is 2.55 bits per heavy atom. The third-order valence-electron chi connectivity index (χ3n) is 8.72. The second-order valence-corrected chi connectivity index (χ2v) is 11.4. The molecule has 214 valence electrons. The normalized spacial score (nSPS) is 19.2. The summed E-state index contributed by atoms with van der Waals surface area (Å²) in [6, 6.07) is 20.9. The van der Waals surface area contributed by atoms with Crippen molar-refractivity contribution in [2.75, 3.05) is 18.4 Å². The van der Waals surface area contributed by atoms with Gasteiger partial charge in [-0.25, -0.2) is 9.59 Å². The van der Waals surface area contributed by atoms with Gasteiger partial charge in [0.2, 0.25) is 5.91 Å². The molecule has 3 N–H and O–H groups in total. The van der Waals surface area contributed by atoms with Crippen LogP contribution in [0.5, 0.6) is 0 Å². The number of carbonyl (C=O) groups is 3. The van der Waals surface area contributed by atoms with Crippen molar-refractivity contribution in [3.8, 4) is 0 Å². The standard InChI is InChI=1S/C32H33N7O3/c40-30-29(15-23-14-24-17-33-36-28(24)16-25(23)19-38(30)18-21-6-2-1-3-7-21)35-31(41)37-12-10-26(11-13-37)39-20-22-8-4-5-9-27(22)34-32(39)42/h1-9,14,16-17,26,29H,10-13,15,18-20H2,(H,33,36)(H,34,42)(H,35,41)/t29-/m1/s1. The Morgan fingerprint density at radius 2 is 1.71 bits per heavy atom. The number of aromatic nitrogens is 2. The molecule has 3 aromatic carbocycles. The third-order valence-corrected chi connectivity index (χ3v) is 8.72. The van der Waals surface area contributed by atoms with Crippen molar-refractivity contribution in [1.29, 1.82) is 0 Å². The van der Waals surface area contributed by atoms with Gasteiger partial charge in [-0.05, 0) is 53.3 Å². The second kappa shape index (κ2) is 10.8. The molecule has 3 aliphatic heterocycles. The number of nitrogens with one attached hydrogen (secondary N) is 3. The highest BCUT2D eigenvalue weighted by Gasteiger charge is 2.35. The molecule has 1 aromatic heterocycles. The van der Waals surface area contributed by atoms with E-state index in [1.54, 1.807) is 11.1 Å². The van der Waals surface area contributed by atoms with Gasteiger partial charge in [0, 0.05) is 56.3 Å². The Bertz CT molecular complexity index is 1640. The van der Waals surface area contributed by atoms with Gasteiger partial charge in [-0.2, -0.15) is 5.10 Å². The highest BCUT2D eigenvalue weighted by molar-refractivity contribution is 5.92. The van der Waals surface area contributed by atoms with Gasteiger partial charge in [-0.1, -0.05) is 48.5 Å². The van der Waals surface area contributed by atoms with Crippen LogP contribution in [0, 0.1) is 0 Å². The number of amides is 5.